The molecule has 18 atom stereocenters. The van der Waals surface area contributed by atoms with Crippen LogP contribution in [-0.4, -0.2) is 202 Å². The molecule has 5 aromatic carbocycles. The third kappa shape index (κ3) is 18.3. The van der Waals surface area contributed by atoms with E-state index in [1.807, 2.05) is 13.8 Å². The fourth-order valence-electron chi connectivity index (χ4n) is 12.5. The number of amides is 7. The molecule has 35 nitrogen and oxygen atoms in total. The maximum Gasteiger partial charge on any atom is 0.330 e. The lowest BCUT2D eigenvalue weighted by atomic mass is 9.86. The topological polar surface area (TPSA) is 568 Å². The molecule has 0 radical (unpaired) electrons. The van der Waals surface area contributed by atoms with Gasteiger partial charge in [0, 0.05) is 41.6 Å². The van der Waals surface area contributed by atoms with Gasteiger partial charge in [0.15, 0.2) is 29.9 Å². The van der Waals surface area contributed by atoms with Crippen molar-refractivity contribution in [2.45, 2.75) is 163 Å². The Labute approximate surface area is 619 Å². The van der Waals surface area contributed by atoms with E-state index in [9.17, 15) is 75.0 Å². The number of aliphatic hydroxyl groups is 6. The summed E-state index contributed by atoms with van der Waals surface area (Å²) in [5.74, 6) is -16.8. The van der Waals surface area contributed by atoms with Crippen LogP contribution in [0, 0.1) is 5.92 Å². The Morgan fingerprint density at radius 2 is 1.28 bits per heavy atom. The van der Waals surface area contributed by atoms with Crippen molar-refractivity contribution in [2.75, 3.05) is 13.7 Å². The number of rotatable bonds is 13. The molecule has 0 saturated carbocycles. The molecule has 12 rings (SSSR count). The van der Waals surface area contributed by atoms with Crippen LogP contribution in [-0.2, 0) is 57.4 Å². The van der Waals surface area contributed by atoms with Crippen molar-refractivity contribution in [1.29, 1.82) is 0 Å². The van der Waals surface area contributed by atoms with Gasteiger partial charge in [0.1, 0.15) is 89.5 Å². The number of carboxylic acids is 2. The van der Waals surface area contributed by atoms with E-state index >= 15 is 14.4 Å². The van der Waals surface area contributed by atoms with Crippen LogP contribution in [0.1, 0.15) is 112 Å². The zero-order valence-electron chi connectivity index (χ0n) is 57.1. The highest BCUT2D eigenvalue weighted by Gasteiger charge is 2.51. The summed E-state index contributed by atoms with van der Waals surface area (Å²) in [5, 5.41) is 138. The number of hydrogen-bond donors (Lipinski definition) is 20. The Hall–Kier alpha value is -9.44. The average Bonchev–Trinajstić information content (AvgIpc) is 0.773. The van der Waals surface area contributed by atoms with E-state index in [1.165, 1.54) is 33.0 Å². The van der Waals surface area contributed by atoms with Crippen LogP contribution >= 0.6 is 35.6 Å². The van der Waals surface area contributed by atoms with E-state index in [4.69, 9.17) is 73.0 Å². The smallest absolute Gasteiger partial charge is 0.330 e. The zero-order valence-corrected chi connectivity index (χ0v) is 59.4. The molecular formula is C68H80Cl3N9O26. The van der Waals surface area contributed by atoms with Crippen LogP contribution < -0.4 is 62.9 Å². The van der Waals surface area contributed by atoms with Crippen LogP contribution in [0.4, 0.5) is 0 Å². The second-order valence-corrected chi connectivity index (χ2v) is 27.0. The lowest BCUT2D eigenvalue weighted by Crippen LogP contribution is -2.64. The number of phenols is 3. The molecule has 2 fully saturated rings. The maximum absolute atomic E-state index is 16.0. The minimum absolute atomic E-state index is 0. The number of hydrogen-bond acceptors (Lipinski definition) is 26. The maximum atomic E-state index is 16.0. The summed E-state index contributed by atoms with van der Waals surface area (Å²) in [4.78, 5) is 126. The van der Waals surface area contributed by atoms with Crippen LogP contribution in [0.15, 0.2) is 78.9 Å². The van der Waals surface area contributed by atoms with E-state index in [0.29, 0.717) is 0 Å². The lowest BCUT2D eigenvalue weighted by molar-refractivity contribution is -0.333. The fraction of sp³-hybridized carbons (Fsp3) is 0.426. The Morgan fingerprint density at radius 1 is 0.708 bits per heavy atom. The number of fused-ring (bicyclic) bond motifs is 15. The van der Waals surface area contributed by atoms with Gasteiger partial charge in [-0.15, -0.1) is 12.4 Å². The van der Waals surface area contributed by atoms with Gasteiger partial charge in [-0.2, -0.15) is 0 Å². The molecular weight excluding hydrogens is 1470 g/mol. The first kappa shape index (κ1) is 82.2. The first-order chi connectivity index (χ1) is 49.4. The molecule has 7 amide bonds. The highest BCUT2D eigenvalue weighted by Crippen LogP contribution is 2.50. The zero-order chi connectivity index (χ0) is 77.1. The summed E-state index contributed by atoms with van der Waals surface area (Å²) in [6, 6.07) is -0.679. The predicted molar refractivity (Wildman–Crippen MR) is 370 cm³/mol. The van der Waals surface area contributed by atoms with Gasteiger partial charge in [-0.1, -0.05) is 55.2 Å². The SMILES string of the molecule is CC(=O)O.CN[C@H](CC(C)C)C(=O)N[C@H]1C(=O)N[C@@H](CC(N)=O)C(=O)N[C@H]2C(=O)N[C@H]3C(=O)N[C@H](C(=O)N[C@@H](C(=O)O)c4cc(O)cc(O)c4-c4cc3ccc4O)[C@H](O)c3ccc(c(Cl)c3)Oc3cc2cc(c3O[C@@H]2O[C@H](CO)[C@@H](O)[C@H](O)[C@H]2O[C@H]2C[C@](C)(N)C(O)[C@H](C)O2)Oc2ccc(cc2Cl)[C@H]1O.Cl. The molecule has 574 valence electrons. The number of aliphatic carboxylic acids is 2. The minimum Gasteiger partial charge on any atom is -0.508 e. The van der Waals surface area contributed by atoms with Crippen molar-refractivity contribution < 1.29 is 128 Å². The number of nitrogens with two attached hydrogens (primary N) is 2. The number of aliphatic hydroxyl groups excluding tert-OH is 6. The van der Waals surface area contributed by atoms with Gasteiger partial charge in [-0.25, -0.2) is 4.79 Å². The van der Waals surface area contributed by atoms with Crippen molar-refractivity contribution >= 4 is 88.9 Å². The normalized spacial score (nSPS) is 28.3. The Kier molecular flexibility index (Phi) is 26.4. The van der Waals surface area contributed by atoms with Crippen molar-refractivity contribution in [3.8, 4) is 57.1 Å². The molecule has 7 aliphatic rings. The van der Waals surface area contributed by atoms with E-state index < -0.39 is 243 Å². The molecule has 7 aliphatic heterocycles. The number of halogens is 3. The van der Waals surface area contributed by atoms with E-state index in [0.717, 1.165) is 73.7 Å². The van der Waals surface area contributed by atoms with Gasteiger partial charge < -0.3 is 133 Å². The number of nitrogens with one attached hydrogen (secondary N) is 7. The molecule has 22 N–H and O–H groups in total. The molecule has 2 saturated heterocycles. The molecule has 11 bridgehead atoms. The summed E-state index contributed by atoms with van der Waals surface area (Å²) in [6.45, 7) is 6.74. The standard InChI is InChI=1S/C66H75Cl2N9O24.C2H4O2.ClH/c1-23(2)12-34(71-5)58(88)76-49-51(83)26-7-10-38(32(67)14-26)97-40-16-28-17-41(55(40)101-65-56(54(86)53(85)42(22-78)99-65)100-44-21-66(4,70)57(87)24(3)96-44)98-39-11-8-27(15-33(39)68)52(84)50-63(93)75-48(64(94)95)31-18-29(79)19-37(81)45(31)30-13-25(6-9-36(30)80)46(60(90)77-50)74-61(91)47(28)73-59(89)35(20-43(69)82)72-62(49)92;1-2(3)4;/h6-11,13-19,23-24,34-35,42,44,46-54,56-57,65,71,78-81,83-87H,12,20-22,70H2,1-5H3,(H2,69,82)(H,72,92)(H,73,89)(H,74,91)(H,75,93)(H,76,88)(H,77,90)(H,94,95);1H3,(H,3,4);1H/t24-,34+,35-,42+,44-,46+,47+,48+,49+,50-,51+,52+,53+,54-,56+,57?,65-,66-;;/m0../s1. The molecule has 106 heavy (non-hydrogen) atoms. The van der Waals surface area contributed by atoms with Crippen LogP contribution in [0.5, 0.6) is 46.0 Å². The highest BCUT2D eigenvalue weighted by atomic mass is 35.5. The minimum atomic E-state index is -2.35. The number of primary amides is 1. The van der Waals surface area contributed by atoms with Crippen molar-refractivity contribution in [2.24, 2.45) is 17.4 Å². The molecule has 1 unspecified atom stereocenters. The number of carbonyl (C=O) groups excluding carboxylic acids is 7. The second kappa shape index (κ2) is 34.0. The Bertz CT molecular complexity index is 4190. The van der Waals surface area contributed by atoms with E-state index in [2.05, 4.69) is 37.2 Å². The first-order valence-electron chi connectivity index (χ1n) is 32.5. The summed E-state index contributed by atoms with van der Waals surface area (Å²) in [7, 11) is 1.47. The predicted octanol–water partition coefficient (Wildman–Crippen LogP) is 0.619. The largest absolute Gasteiger partial charge is 0.508 e. The second-order valence-electron chi connectivity index (χ2n) is 26.2. The van der Waals surface area contributed by atoms with Crippen molar-refractivity contribution in [1.82, 2.24) is 37.2 Å². The van der Waals surface area contributed by atoms with Crippen LogP contribution in [0.25, 0.3) is 11.1 Å². The molecule has 38 heteroatoms. The Morgan fingerprint density at radius 3 is 1.84 bits per heavy atom. The summed E-state index contributed by atoms with van der Waals surface area (Å²) >= 11 is 14.1. The first-order valence-corrected chi connectivity index (χ1v) is 33.3. The van der Waals surface area contributed by atoms with Gasteiger partial charge in [0.25, 0.3) is 5.97 Å². The number of likely N-dealkylation sites (N-methyl/N-ethyl adjacent to an activating group) is 1. The number of aromatic hydroxyl groups is 3. The van der Waals surface area contributed by atoms with Crippen LogP contribution in [0.3, 0.4) is 0 Å². The molecule has 0 aliphatic carbocycles. The molecule has 0 aromatic heterocycles. The number of carboxylic acid groups (broad SMARTS) is 2. The highest BCUT2D eigenvalue weighted by molar-refractivity contribution is 6.32. The number of ether oxygens (including phenoxy) is 6. The lowest BCUT2D eigenvalue weighted by Gasteiger charge is -2.47. The monoisotopic (exact) mass is 1540 g/mol. The fourth-order valence-corrected chi connectivity index (χ4v) is 12.9. The van der Waals surface area contributed by atoms with Crippen LogP contribution in [0.2, 0.25) is 10.0 Å². The molecule has 7 heterocycles. The molecule has 0 spiro atoms. The van der Waals surface area contributed by atoms with E-state index in [-0.39, 0.29) is 58.6 Å². The average molecular weight is 1550 g/mol. The van der Waals surface area contributed by atoms with E-state index in [1.54, 1.807) is 0 Å². The third-order valence-corrected chi connectivity index (χ3v) is 18.4. The van der Waals surface area contributed by atoms with Gasteiger partial charge in [-0.3, -0.25) is 38.4 Å². The van der Waals surface area contributed by atoms with Gasteiger partial charge in [0.2, 0.25) is 53.4 Å². The van der Waals surface area contributed by atoms with Gasteiger partial charge in [0.05, 0.1) is 41.3 Å². The number of phenolic OH excluding ortho intramolecular Hbond substituents is 3. The quantitative estimate of drug-likeness (QED) is 0.0768. The van der Waals surface area contributed by atoms with Crippen molar-refractivity contribution in [3.05, 3.63) is 117 Å². The summed E-state index contributed by atoms with van der Waals surface area (Å²) in [5.41, 5.74) is 8.00. The van der Waals surface area contributed by atoms with Crippen molar-refractivity contribution in [3.63, 3.8) is 0 Å². The third-order valence-electron chi connectivity index (χ3n) is 17.8. The summed E-state index contributed by atoms with van der Waals surface area (Å²) in [6.07, 6.45) is -18.6. The van der Waals surface area contributed by atoms with Gasteiger partial charge >= 0.3 is 5.97 Å². The Balaban J connectivity index is 0.00000277. The summed E-state index contributed by atoms with van der Waals surface area (Å²) < 4.78 is 38.3. The number of benzene rings is 5. The number of carbonyl (C=O) groups is 9. The molecule has 5 aromatic rings. The van der Waals surface area contributed by atoms with Gasteiger partial charge in [-0.05, 0) is 110 Å².